The quantitative estimate of drug-likeness (QED) is 0.740. The van der Waals surface area contributed by atoms with Crippen LogP contribution in [0.4, 0.5) is 5.69 Å². The highest BCUT2D eigenvalue weighted by Crippen LogP contribution is 2.17. The minimum Gasteiger partial charge on any atom is -0.384 e. The third kappa shape index (κ3) is 3.47. The standard InChI is InChI=1S/C14H21N3O/c15-14(18)12-5-1-2-6-13(12)17-9-7-11-4-3-8-16-10-11/h1-2,5-6,11,16-17H,3-4,7-10H2,(H2,15,18). The lowest BCUT2D eigenvalue weighted by atomic mass is 9.96. The van der Waals surface area contributed by atoms with E-state index < -0.39 is 0 Å². The van der Waals surface area contributed by atoms with Crippen molar-refractivity contribution in [2.45, 2.75) is 19.3 Å². The summed E-state index contributed by atoms with van der Waals surface area (Å²) in [4.78, 5) is 11.3. The summed E-state index contributed by atoms with van der Waals surface area (Å²) in [5, 5.41) is 6.72. The number of hydrogen-bond acceptors (Lipinski definition) is 3. The molecule has 1 fully saturated rings. The normalized spacial score (nSPS) is 19.4. The SMILES string of the molecule is NC(=O)c1ccccc1NCCC1CCCNC1. The number of carbonyl (C=O) groups excluding carboxylic acids is 1. The van der Waals surface area contributed by atoms with Gasteiger partial charge in [-0.1, -0.05) is 12.1 Å². The van der Waals surface area contributed by atoms with Gasteiger partial charge in [-0.2, -0.15) is 0 Å². The van der Waals surface area contributed by atoms with Gasteiger partial charge in [0.2, 0.25) is 0 Å². The second-order valence-corrected chi connectivity index (χ2v) is 4.84. The molecule has 1 aliphatic rings. The summed E-state index contributed by atoms with van der Waals surface area (Å²) in [6.45, 7) is 3.14. The molecule has 0 bridgehead atoms. The van der Waals surface area contributed by atoms with Gasteiger partial charge in [-0.15, -0.1) is 0 Å². The Bertz CT molecular complexity index is 400. The number of piperidine rings is 1. The van der Waals surface area contributed by atoms with Crippen LogP contribution in [-0.2, 0) is 0 Å². The molecule has 4 N–H and O–H groups in total. The van der Waals surface area contributed by atoms with E-state index in [2.05, 4.69) is 10.6 Å². The van der Waals surface area contributed by atoms with Crippen molar-refractivity contribution in [2.75, 3.05) is 25.0 Å². The average Bonchev–Trinajstić information content (AvgIpc) is 2.40. The van der Waals surface area contributed by atoms with Crippen molar-refractivity contribution in [2.24, 2.45) is 11.7 Å². The summed E-state index contributed by atoms with van der Waals surface area (Å²) >= 11 is 0. The smallest absolute Gasteiger partial charge is 0.250 e. The van der Waals surface area contributed by atoms with E-state index in [0.717, 1.165) is 37.7 Å². The first-order valence-corrected chi connectivity index (χ1v) is 6.61. The Kier molecular flexibility index (Phi) is 4.59. The fourth-order valence-corrected chi connectivity index (χ4v) is 2.43. The Morgan fingerprint density at radius 2 is 2.28 bits per heavy atom. The maximum absolute atomic E-state index is 11.3. The van der Waals surface area contributed by atoms with E-state index in [9.17, 15) is 4.79 Å². The second-order valence-electron chi connectivity index (χ2n) is 4.84. The second kappa shape index (κ2) is 6.40. The number of amides is 1. The Morgan fingerprint density at radius 1 is 1.44 bits per heavy atom. The highest BCUT2D eigenvalue weighted by Gasteiger charge is 2.12. The van der Waals surface area contributed by atoms with Gasteiger partial charge in [0, 0.05) is 12.2 Å². The lowest BCUT2D eigenvalue weighted by Gasteiger charge is -2.23. The van der Waals surface area contributed by atoms with Gasteiger partial charge >= 0.3 is 0 Å². The highest BCUT2D eigenvalue weighted by molar-refractivity contribution is 5.98. The van der Waals surface area contributed by atoms with Crippen LogP contribution in [0.1, 0.15) is 29.6 Å². The van der Waals surface area contributed by atoms with E-state index in [0.29, 0.717) is 5.56 Å². The van der Waals surface area contributed by atoms with Crippen molar-refractivity contribution in [3.63, 3.8) is 0 Å². The number of anilines is 1. The zero-order chi connectivity index (χ0) is 12.8. The molecule has 0 aromatic heterocycles. The molecular formula is C14H21N3O. The van der Waals surface area contributed by atoms with Crippen LogP contribution in [0, 0.1) is 5.92 Å². The van der Waals surface area contributed by atoms with Gasteiger partial charge in [0.1, 0.15) is 0 Å². The van der Waals surface area contributed by atoms with E-state index in [1.54, 1.807) is 6.07 Å². The van der Waals surface area contributed by atoms with E-state index in [4.69, 9.17) is 5.73 Å². The molecule has 1 heterocycles. The van der Waals surface area contributed by atoms with Crippen molar-refractivity contribution < 1.29 is 4.79 Å². The van der Waals surface area contributed by atoms with Crippen LogP contribution in [-0.4, -0.2) is 25.5 Å². The molecule has 0 aliphatic carbocycles. The van der Waals surface area contributed by atoms with Crippen LogP contribution in [0.15, 0.2) is 24.3 Å². The Morgan fingerprint density at radius 3 is 3.00 bits per heavy atom. The number of hydrogen-bond donors (Lipinski definition) is 3. The van der Waals surface area contributed by atoms with Gasteiger partial charge in [0.05, 0.1) is 5.56 Å². The summed E-state index contributed by atoms with van der Waals surface area (Å²) in [6.07, 6.45) is 3.69. The lowest BCUT2D eigenvalue weighted by Crippen LogP contribution is -2.30. The fraction of sp³-hybridized carbons (Fsp3) is 0.500. The summed E-state index contributed by atoms with van der Waals surface area (Å²) in [5.74, 6) is 0.365. The zero-order valence-corrected chi connectivity index (χ0v) is 10.6. The van der Waals surface area contributed by atoms with Gasteiger partial charge in [-0.05, 0) is 50.4 Å². The molecule has 1 atom stereocenters. The minimum absolute atomic E-state index is 0.377. The first-order valence-electron chi connectivity index (χ1n) is 6.61. The van der Waals surface area contributed by atoms with Gasteiger partial charge in [-0.3, -0.25) is 4.79 Å². The first-order chi connectivity index (χ1) is 8.77. The summed E-state index contributed by atoms with van der Waals surface area (Å²) in [5.41, 5.74) is 6.75. The van der Waals surface area contributed by atoms with E-state index >= 15 is 0 Å². The lowest BCUT2D eigenvalue weighted by molar-refractivity contribution is 0.100. The molecule has 4 heteroatoms. The average molecular weight is 247 g/mol. The molecule has 1 saturated heterocycles. The van der Waals surface area contributed by atoms with Crippen molar-refractivity contribution in [1.29, 1.82) is 0 Å². The van der Waals surface area contributed by atoms with Crippen LogP contribution in [0.2, 0.25) is 0 Å². The van der Waals surface area contributed by atoms with Gasteiger partial charge in [-0.25, -0.2) is 0 Å². The van der Waals surface area contributed by atoms with Crippen molar-refractivity contribution in [1.82, 2.24) is 5.32 Å². The predicted octanol–water partition coefficient (Wildman–Crippen LogP) is 1.59. The van der Waals surface area contributed by atoms with E-state index in [1.807, 2.05) is 18.2 Å². The van der Waals surface area contributed by atoms with Crippen LogP contribution >= 0.6 is 0 Å². The molecule has 98 valence electrons. The Balaban J connectivity index is 1.84. The van der Waals surface area contributed by atoms with Gasteiger partial charge < -0.3 is 16.4 Å². The summed E-state index contributed by atoms with van der Waals surface area (Å²) in [7, 11) is 0. The van der Waals surface area contributed by atoms with Crippen molar-refractivity contribution in [3.05, 3.63) is 29.8 Å². The zero-order valence-electron chi connectivity index (χ0n) is 10.6. The number of nitrogens with one attached hydrogen (secondary N) is 2. The molecule has 2 rings (SSSR count). The molecule has 18 heavy (non-hydrogen) atoms. The third-order valence-electron chi connectivity index (χ3n) is 3.46. The molecular weight excluding hydrogens is 226 g/mol. The van der Waals surface area contributed by atoms with Crippen LogP contribution in [0.5, 0.6) is 0 Å². The molecule has 1 aromatic carbocycles. The first kappa shape index (κ1) is 12.9. The predicted molar refractivity (Wildman–Crippen MR) is 73.7 cm³/mol. The van der Waals surface area contributed by atoms with Crippen LogP contribution in [0.25, 0.3) is 0 Å². The minimum atomic E-state index is -0.377. The number of benzene rings is 1. The monoisotopic (exact) mass is 247 g/mol. The Hall–Kier alpha value is -1.55. The van der Waals surface area contributed by atoms with Crippen molar-refractivity contribution in [3.8, 4) is 0 Å². The fourth-order valence-electron chi connectivity index (χ4n) is 2.43. The summed E-state index contributed by atoms with van der Waals surface area (Å²) < 4.78 is 0. The molecule has 1 unspecified atom stereocenters. The number of primary amides is 1. The maximum Gasteiger partial charge on any atom is 0.250 e. The molecule has 1 aliphatic heterocycles. The van der Waals surface area contributed by atoms with Crippen molar-refractivity contribution >= 4 is 11.6 Å². The van der Waals surface area contributed by atoms with Gasteiger partial charge in [0.15, 0.2) is 0 Å². The molecule has 1 aromatic rings. The number of rotatable bonds is 5. The van der Waals surface area contributed by atoms with Crippen LogP contribution < -0.4 is 16.4 Å². The third-order valence-corrected chi connectivity index (χ3v) is 3.46. The van der Waals surface area contributed by atoms with E-state index in [-0.39, 0.29) is 5.91 Å². The topological polar surface area (TPSA) is 67.2 Å². The number of carbonyl (C=O) groups is 1. The highest BCUT2D eigenvalue weighted by atomic mass is 16.1. The molecule has 4 nitrogen and oxygen atoms in total. The number of nitrogens with two attached hydrogens (primary N) is 1. The largest absolute Gasteiger partial charge is 0.384 e. The van der Waals surface area contributed by atoms with Gasteiger partial charge in [0.25, 0.3) is 5.91 Å². The molecule has 1 amide bonds. The summed E-state index contributed by atoms with van der Waals surface area (Å²) in [6, 6.07) is 7.40. The molecule has 0 saturated carbocycles. The Labute approximate surface area is 108 Å². The maximum atomic E-state index is 11.3. The molecule has 0 radical (unpaired) electrons. The van der Waals surface area contributed by atoms with Crippen LogP contribution in [0.3, 0.4) is 0 Å². The van der Waals surface area contributed by atoms with E-state index in [1.165, 1.54) is 12.8 Å². The molecule has 0 spiro atoms. The number of para-hydroxylation sites is 1.